The van der Waals surface area contributed by atoms with Gasteiger partial charge in [-0.3, -0.25) is 9.59 Å². The number of benzene rings is 2. The number of amides is 2. The predicted octanol–water partition coefficient (Wildman–Crippen LogP) is 3.11. The van der Waals surface area contributed by atoms with E-state index in [1.54, 1.807) is 19.1 Å². The fourth-order valence-corrected chi connectivity index (χ4v) is 5.48. The van der Waals surface area contributed by atoms with Crippen LogP contribution in [0.25, 0.3) is 0 Å². The number of nitrogens with one attached hydrogen (secondary N) is 1. The van der Waals surface area contributed by atoms with Crippen LogP contribution in [0.5, 0.6) is 5.75 Å². The van der Waals surface area contributed by atoms with Crippen LogP contribution in [0.1, 0.15) is 43.2 Å². The average molecular weight is 521 g/mol. The smallest absolute Gasteiger partial charge is 0.430 e. The third-order valence-electron chi connectivity index (χ3n) is 7.49. The lowest BCUT2D eigenvalue weighted by molar-refractivity contribution is -0.262. The molecule has 0 radical (unpaired) electrons. The third kappa shape index (κ3) is 5.17. The Morgan fingerprint density at radius 3 is 2.38 bits per heavy atom. The van der Waals surface area contributed by atoms with Gasteiger partial charge in [-0.15, -0.1) is 0 Å². The van der Waals surface area contributed by atoms with Gasteiger partial charge >= 0.3 is 6.18 Å². The zero-order chi connectivity index (χ0) is 26.8. The van der Waals surface area contributed by atoms with Crippen LogP contribution in [0.15, 0.2) is 54.6 Å². The number of carbonyl (C=O) groups excluding carboxylic acids is 2. The molecule has 3 N–H and O–H groups in total. The van der Waals surface area contributed by atoms with E-state index in [4.69, 9.17) is 4.74 Å². The minimum Gasteiger partial charge on any atom is -0.491 e. The highest BCUT2D eigenvalue weighted by molar-refractivity contribution is 5.87. The summed E-state index contributed by atoms with van der Waals surface area (Å²) in [6, 6.07) is 13.7. The summed E-state index contributed by atoms with van der Waals surface area (Å²) < 4.78 is 48.0. The van der Waals surface area contributed by atoms with Crippen LogP contribution >= 0.6 is 0 Å². The second kappa shape index (κ2) is 10.3. The number of hydrogen-bond acceptors (Lipinski definition) is 5. The van der Waals surface area contributed by atoms with Crippen molar-refractivity contribution in [2.75, 3.05) is 26.2 Å². The number of piperidine rings is 2. The first-order valence-electron chi connectivity index (χ1n) is 12.3. The van der Waals surface area contributed by atoms with Gasteiger partial charge in [0.05, 0.1) is 6.10 Å². The lowest BCUT2D eigenvalue weighted by Gasteiger charge is -2.50. The first-order chi connectivity index (χ1) is 17.5. The molecule has 2 aromatic rings. The van der Waals surface area contributed by atoms with Crippen LogP contribution in [0.3, 0.4) is 0 Å². The van der Waals surface area contributed by atoms with Gasteiger partial charge in [0.2, 0.25) is 5.91 Å². The molecular weight excluding hydrogens is 489 g/mol. The fraction of sp³-hybridized carbons (Fsp3) is 0.481. The number of ether oxygens (including phenoxy) is 1. The molecule has 0 bridgehead atoms. The summed E-state index contributed by atoms with van der Waals surface area (Å²) in [5, 5.41) is 23.3. The Balaban J connectivity index is 1.60. The molecule has 7 nitrogen and oxygen atoms in total. The van der Waals surface area contributed by atoms with Crippen molar-refractivity contribution in [1.29, 1.82) is 0 Å². The Hall–Kier alpha value is -3.11. The molecular formula is C27H31F3N2O5. The van der Waals surface area contributed by atoms with E-state index in [0.29, 0.717) is 12.3 Å². The number of hydrogen-bond donors (Lipinski definition) is 3. The summed E-state index contributed by atoms with van der Waals surface area (Å²) in [5.41, 5.74) is -3.97. The molecule has 0 aliphatic carbocycles. The van der Waals surface area contributed by atoms with Crippen molar-refractivity contribution in [3.05, 3.63) is 65.7 Å². The summed E-state index contributed by atoms with van der Waals surface area (Å²) >= 11 is 0. The Kier molecular flexibility index (Phi) is 7.52. The van der Waals surface area contributed by atoms with Gasteiger partial charge in [-0.2, -0.15) is 13.2 Å². The highest BCUT2D eigenvalue weighted by Crippen LogP contribution is 2.51. The van der Waals surface area contributed by atoms with Gasteiger partial charge in [0.1, 0.15) is 12.4 Å². The summed E-state index contributed by atoms with van der Waals surface area (Å²) in [5.74, 6) is -1.21. The molecule has 10 heteroatoms. The second-order valence-corrected chi connectivity index (χ2v) is 9.96. The van der Waals surface area contributed by atoms with Crippen LogP contribution in [-0.2, 0) is 15.2 Å². The van der Waals surface area contributed by atoms with Crippen LogP contribution in [0.4, 0.5) is 13.2 Å². The summed E-state index contributed by atoms with van der Waals surface area (Å²) in [6.07, 6.45) is -5.17. The van der Waals surface area contributed by atoms with Crippen LogP contribution in [-0.4, -0.2) is 65.4 Å². The molecule has 0 saturated carbocycles. The predicted molar refractivity (Wildman–Crippen MR) is 129 cm³/mol. The van der Waals surface area contributed by atoms with E-state index >= 15 is 0 Å². The van der Waals surface area contributed by atoms with E-state index in [0.717, 1.165) is 22.6 Å². The van der Waals surface area contributed by atoms with Crippen molar-refractivity contribution in [1.82, 2.24) is 10.2 Å². The number of aliphatic hydroxyl groups is 2. The quantitative estimate of drug-likeness (QED) is 0.544. The summed E-state index contributed by atoms with van der Waals surface area (Å²) in [6.45, 7) is 1.93. The summed E-state index contributed by atoms with van der Waals surface area (Å²) in [7, 11) is 0. The zero-order valence-electron chi connectivity index (χ0n) is 20.5. The number of nitrogens with zero attached hydrogens (tertiary/aromatic N) is 1. The van der Waals surface area contributed by atoms with Crippen molar-refractivity contribution >= 4 is 11.8 Å². The number of likely N-dealkylation sites (tertiary alicyclic amines) is 1. The number of aliphatic hydroxyl groups excluding tert-OH is 1. The number of alkyl halides is 3. The van der Waals surface area contributed by atoms with Crippen LogP contribution in [0.2, 0.25) is 0 Å². The van der Waals surface area contributed by atoms with Crippen molar-refractivity contribution in [3.8, 4) is 5.75 Å². The Morgan fingerprint density at radius 1 is 1.14 bits per heavy atom. The topological polar surface area (TPSA) is 99.1 Å². The molecule has 1 spiro atoms. The number of halogens is 3. The Bertz CT molecular complexity index is 1120. The molecule has 37 heavy (non-hydrogen) atoms. The maximum Gasteiger partial charge on any atom is 0.430 e. The van der Waals surface area contributed by atoms with E-state index in [-0.39, 0.29) is 50.8 Å². The van der Waals surface area contributed by atoms with Gasteiger partial charge in [-0.05, 0) is 36.8 Å². The van der Waals surface area contributed by atoms with E-state index in [1.807, 2.05) is 12.1 Å². The SMILES string of the molecule is C[C@@H](O)COc1ccccc1C1CNC(=O)CC12CCN(C(=O)[C@](O)(c1ccccc1)C(F)(F)F)CC2. The van der Waals surface area contributed by atoms with Gasteiger partial charge in [-0.25, -0.2) is 0 Å². The Labute approximate surface area is 213 Å². The zero-order valence-corrected chi connectivity index (χ0v) is 20.5. The van der Waals surface area contributed by atoms with E-state index in [1.165, 1.54) is 18.2 Å². The number of para-hydroxylation sites is 1. The standard InChI is InChI=1S/C27H31F3N2O5/c1-18(33)17-37-22-10-6-5-9-20(22)21-16-31-23(34)15-25(21)11-13-32(14-12-25)24(35)26(36,27(28,29)30)19-7-3-2-4-8-19/h2-10,18,21,33,36H,11-17H2,1H3,(H,31,34)/t18-,21?,26-/m1/s1. The molecule has 1 unspecified atom stereocenters. The maximum absolute atomic E-state index is 14.1. The molecule has 2 aliphatic heterocycles. The Morgan fingerprint density at radius 2 is 1.76 bits per heavy atom. The van der Waals surface area contributed by atoms with Crippen LogP contribution in [0, 0.1) is 5.41 Å². The molecule has 4 rings (SSSR count). The number of rotatable bonds is 6. The van der Waals surface area contributed by atoms with Gasteiger partial charge in [-0.1, -0.05) is 48.5 Å². The van der Waals surface area contributed by atoms with Crippen molar-refractivity contribution in [2.45, 2.75) is 50.0 Å². The lowest BCUT2D eigenvalue weighted by Crippen LogP contribution is -2.59. The molecule has 2 amide bonds. The largest absolute Gasteiger partial charge is 0.491 e. The molecule has 2 heterocycles. The average Bonchev–Trinajstić information content (AvgIpc) is 2.87. The molecule has 3 atom stereocenters. The fourth-order valence-electron chi connectivity index (χ4n) is 5.48. The van der Waals surface area contributed by atoms with Crippen molar-refractivity contribution < 1.29 is 37.7 Å². The monoisotopic (exact) mass is 520 g/mol. The normalized spacial score (nSPS) is 22.2. The van der Waals surface area contributed by atoms with Gasteiger partial charge in [0.25, 0.3) is 11.5 Å². The van der Waals surface area contributed by atoms with E-state index in [9.17, 15) is 33.0 Å². The molecule has 2 aliphatic rings. The first kappa shape index (κ1) is 26.9. The maximum atomic E-state index is 14.1. The second-order valence-electron chi connectivity index (χ2n) is 9.96. The van der Waals surface area contributed by atoms with Gasteiger partial charge in [0, 0.05) is 37.5 Å². The number of carbonyl (C=O) groups is 2. The highest BCUT2D eigenvalue weighted by atomic mass is 19.4. The minimum atomic E-state index is -5.21. The molecule has 2 fully saturated rings. The summed E-state index contributed by atoms with van der Waals surface area (Å²) in [4.78, 5) is 26.7. The molecule has 200 valence electrons. The third-order valence-corrected chi connectivity index (χ3v) is 7.49. The first-order valence-corrected chi connectivity index (χ1v) is 12.3. The van der Waals surface area contributed by atoms with Gasteiger partial charge < -0.3 is 25.2 Å². The highest BCUT2D eigenvalue weighted by Gasteiger charge is 2.62. The van der Waals surface area contributed by atoms with Gasteiger partial charge in [0.15, 0.2) is 0 Å². The lowest BCUT2D eigenvalue weighted by atomic mass is 9.62. The van der Waals surface area contributed by atoms with E-state index < -0.39 is 34.8 Å². The molecule has 2 aromatic carbocycles. The van der Waals surface area contributed by atoms with Crippen molar-refractivity contribution in [2.24, 2.45) is 5.41 Å². The van der Waals surface area contributed by atoms with E-state index in [2.05, 4.69) is 5.32 Å². The molecule has 0 aromatic heterocycles. The van der Waals surface area contributed by atoms with Crippen LogP contribution < -0.4 is 10.1 Å². The van der Waals surface area contributed by atoms with Crippen molar-refractivity contribution in [3.63, 3.8) is 0 Å². The molecule has 2 saturated heterocycles. The minimum absolute atomic E-state index is 0.0372.